The van der Waals surface area contributed by atoms with Crippen molar-refractivity contribution in [3.8, 4) is 23.0 Å². The number of hydrazone groups is 1. The predicted octanol–water partition coefficient (Wildman–Crippen LogP) is 3.93. The van der Waals surface area contributed by atoms with E-state index in [-0.39, 0.29) is 12.1 Å². The SMILES string of the molecule is COc1cc(C(=O)NCC(=O)N/N=C/c2cc(Br)ccc2OCc2ccccc2)cc(OC)c1OC. The number of carbonyl (C=O) groups excluding carboxylic acids is 2. The van der Waals surface area contributed by atoms with Gasteiger partial charge in [0, 0.05) is 15.6 Å². The highest BCUT2D eigenvalue weighted by molar-refractivity contribution is 9.10. The summed E-state index contributed by atoms with van der Waals surface area (Å²) in [5.41, 5.74) is 4.34. The van der Waals surface area contributed by atoms with Gasteiger partial charge in [-0.05, 0) is 35.9 Å². The maximum atomic E-state index is 12.5. The molecule has 0 saturated carbocycles. The van der Waals surface area contributed by atoms with Crippen molar-refractivity contribution in [2.24, 2.45) is 5.10 Å². The zero-order valence-corrected chi connectivity index (χ0v) is 21.6. The second-order valence-electron chi connectivity index (χ2n) is 7.35. The Morgan fingerprint density at radius 2 is 1.61 bits per heavy atom. The van der Waals surface area contributed by atoms with E-state index in [9.17, 15) is 9.59 Å². The zero-order chi connectivity index (χ0) is 25.9. The molecule has 0 bridgehead atoms. The highest BCUT2D eigenvalue weighted by Gasteiger charge is 2.17. The predicted molar refractivity (Wildman–Crippen MR) is 139 cm³/mol. The second kappa shape index (κ2) is 13.1. The molecular weight excluding hydrogens is 530 g/mol. The smallest absolute Gasteiger partial charge is 0.259 e. The van der Waals surface area contributed by atoms with Crippen LogP contribution in [0.5, 0.6) is 23.0 Å². The van der Waals surface area contributed by atoms with Gasteiger partial charge in [-0.1, -0.05) is 46.3 Å². The summed E-state index contributed by atoms with van der Waals surface area (Å²) >= 11 is 3.43. The Hall–Kier alpha value is -4.05. The van der Waals surface area contributed by atoms with E-state index in [1.807, 2.05) is 48.5 Å². The molecular formula is C26H26BrN3O6. The van der Waals surface area contributed by atoms with Crippen LogP contribution in [0.2, 0.25) is 0 Å². The Morgan fingerprint density at radius 1 is 0.917 bits per heavy atom. The fourth-order valence-electron chi connectivity index (χ4n) is 3.18. The van der Waals surface area contributed by atoms with Crippen LogP contribution in [0, 0.1) is 0 Å². The van der Waals surface area contributed by atoms with Crippen LogP contribution in [-0.4, -0.2) is 45.9 Å². The van der Waals surface area contributed by atoms with Gasteiger partial charge < -0.3 is 24.3 Å². The summed E-state index contributed by atoms with van der Waals surface area (Å²) in [7, 11) is 4.37. The van der Waals surface area contributed by atoms with Crippen molar-refractivity contribution in [2.45, 2.75) is 6.61 Å². The lowest BCUT2D eigenvalue weighted by molar-refractivity contribution is -0.120. The number of nitrogens with one attached hydrogen (secondary N) is 2. The quantitative estimate of drug-likeness (QED) is 0.274. The van der Waals surface area contributed by atoms with Gasteiger partial charge in [0.15, 0.2) is 11.5 Å². The number of ether oxygens (including phenoxy) is 4. The molecule has 0 aliphatic carbocycles. The van der Waals surface area contributed by atoms with Gasteiger partial charge in [0.1, 0.15) is 12.4 Å². The molecule has 0 unspecified atom stereocenters. The molecule has 0 saturated heterocycles. The minimum atomic E-state index is -0.506. The van der Waals surface area contributed by atoms with E-state index in [2.05, 4.69) is 31.8 Å². The Bertz CT molecular complexity index is 1210. The van der Waals surface area contributed by atoms with Crippen molar-refractivity contribution >= 4 is 34.0 Å². The van der Waals surface area contributed by atoms with Gasteiger partial charge >= 0.3 is 0 Å². The number of nitrogens with zero attached hydrogens (tertiary/aromatic N) is 1. The van der Waals surface area contributed by atoms with Crippen molar-refractivity contribution in [2.75, 3.05) is 27.9 Å². The highest BCUT2D eigenvalue weighted by atomic mass is 79.9. The standard InChI is InChI=1S/C26H26BrN3O6/c1-33-22-12-18(13-23(34-2)25(22)35-3)26(32)28-15-24(31)30-29-14-19-11-20(27)9-10-21(19)36-16-17-7-5-4-6-8-17/h4-14H,15-16H2,1-3H3,(H,28,32)(H,30,31)/b29-14+. The average molecular weight is 556 g/mol. The summed E-state index contributed by atoms with van der Waals surface area (Å²) < 4.78 is 22.5. The van der Waals surface area contributed by atoms with Crippen LogP contribution in [0.15, 0.2) is 70.2 Å². The largest absolute Gasteiger partial charge is 0.493 e. The Morgan fingerprint density at radius 3 is 2.25 bits per heavy atom. The first kappa shape index (κ1) is 26.6. The summed E-state index contributed by atoms with van der Waals surface area (Å²) in [6.45, 7) is 0.102. The third-order valence-electron chi connectivity index (χ3n) is 4.94. The fraction of sp³-hybridized carbons (Fsp3) is 0.192. The third-order valence-corrected chi connectivity index (χ3v) is 5.43. The molecule has 3 aromatic carbocycles. The molecule has 2 N–H and O–H groups in total. The Labute approximate surface area is 217 Å². The van der Waals surface area contributed by atoms with E-state index in [0.717, 1.165) is 10.0 Å². The molecule has 3 aromatic rings. The van der Waals surface area contributed by atoms with E-state index >= 15 is 0 Å². The van der Waals surface area contributed by atoms with Gasteiger partial charge in [0.2, 0.25) is 5.75 Å². The van der Waals surface area contributed by atoms with Crippen LogP contribution < -0.4 is 29.7 Å². The molecule has 0 aromatic heterocycles. The van der Waals surface area contributed by atoms with Crippen molar-refractivity contribution in [3.63, 3.8) is 0 Å². The molecule has 3 rings (SSSR count). The molecule has 0 radical (unpaired) electrons. The molecule has 188 valence electrons. The van der Waals surface area contributed by atoms with E-state index < -0.39 is 11.8 Å². The molecule has 10 heteroatoms. The van der Waals surface area contributed by atoms with Gasteiger partial charge in [0.05, 0.1) is 34.1 Å². The van der Waals surface area contributed by atoms with Crippen molar-refractivity contribution in [1.82, 2.24) is 10.7 Å². The average Bonchev–Trinajstić information content (AvgIpc) is 2.90. The monoisotopic (exact) mass is 555 g/mol. The molecule has 0 fully saturated rings. The maximum Gasteiger partial charge on any atom is 0.259 e. The fourth-order valence-corrected chi connectivity index (χ4v) is 3.55. The van der Waals surface area contributed by atoms with Crippen molar-refractivity contribution < 1.29 is 28.5 Å². The van der Waals surface area contributed by atoms with Crippen LogP contribution in [0.1, 0.15) is 21.5 Å². The van der Waals surface area contributed by atoms with Gasteiger partial charge in [-0.2, -0.15) is 5.10 Å². The third kappa shape index (κ3) is 7.22. The number of carbonyl (C=O) groups is 2. The van der Waals surface area contributed by atoms with Gasteiger partial charge in [-0.3, -0.25) is 9.59 Å². The molecule has 9 nitrogen and oxygen atoms in total. The van der Waals surface area contributed by atoms with E-state index in [4.69, 9.17) is 18.9 Å². The lowest BCUT2D eigenvalue weighted by Gasteiger charge is -2.14. The molecule has 0 heterocycles. The molecule has 36 heavy (non-hydrogen) atoms. The first-order chi connectivity index (χ1) is 17.4. The summed E-state index contributed by atoms with van der Waals surface area (Å²) in [5, 5.41) is 6.53. The highest BCUT2D eigenvalue weighted by Crippen LogP contribution is 2.38. The minimum absolute atomic E-state index is 0.246. The summed E-state index contributed by atoms with van der Waals surface area (Å²) in [4.78, 5) is 24.8. The lowest BCUT2D eigenvalue weighted by atomic mass is 10.1. The Kier molecular flexibility index (Phi) is 9.70. The van der Waals surface area contributed by atoms with Crippen LogP contribution in [0.25, 0.3) is 0 Å². The van der Waals surface area contributed by atoms with Crippen molar-refractivity contribution in [1.29, 1.82) is 0 Å². The zero-order valence-electron chi connectivity index (χ0n) is 20.0. The van der Waals surface area contributed by atoms with Gasteiger partial charge in [-0.15, -0.1) is 0 Å². The number of benzene rings is 3. The first-order valence-electron chi connectivity index (χ1n) is 10.8. The molecule has 0 atom stereocenters. The number of hydrogen-bond donors (Lipinski definition) is 2. The van der Waals surface area contributed by atoms with E-state index in [0.29, 0.717) is 35.2 Å². The Balaban J connectivity index is 1.58. The molecule has 2 amide bonds. The topological polar surface area (TPSA) is 107 Å². The molecule has 0 aliphatic rings. The van der Waals surface area contributed by atoms with Crippen LogP contribution in [-0.2, 0) is 11.4 Å². The second-order valence-corrected chi connectivity index (χ2v) is 8.26. The lowest BCUT2D eigenvalue weighted by Crippen LogP contribution is -2.35. The van der Waals surface area contributed by atoms with E-state index in [1.54, 1.807) is 0 Å². The van der Waals surface area contributed by atoms with Crippen molar-refractivity contribution in [3.05, 3.63) is 81.8 Å². The van der Waals surface area contributed by atoms with Gasteiger partial charge in [-0.25, -0.2) is 5.43 Å². The van der Waals surface area contributed by atoms with Crippen LogP contribution >= 0.6 is 15.9 Å². The maximum absolute atomic E-state index is 12.5. The minimum Gasteiger partial charge on any atom is -0.493 e. The number of methoxy groups -OCH3 is 3. The number of rotatable bonds is 11. The van der Waals surface area contributed by atoms with E-state index in [1.165, 1.54) is 39.7 Å². The summed E-state index contributed by atoms with van der Waals surface area (Å²) in [6, 6.07) is 18.3. The van der Waals surface area contributed by atoms with Crippen LogP contribution in [0.4, 0.5) is 0 Å². The first-order valence-corrected chi connectivity index (χ1v) is 11.6. The van der Waals surface area contributed by atoms with Gasteiger partial charge in [0.25, 0.3) is 11.8 Å². The molecule has 0 aliphatic heterocycles. The number of amides is 2. The molecule has 0 spiro atoms. The number of hydrogen-bond acceptors (Lipinski definition) is 7. The normalized spacial score (nSPS) is 10.6. The van der Waals surface area contributed by atoms with Crippen LogP contribution in [0.3, 0.4) is 0 Å². The summed E-state index contributed by atoms with van der Waals surface area (Å²) in [5.74, 6) is 0.635. The summed E-state index contributed by atoms with van der Waals surface area (Å²) in [6.07, 6.45) is 1.48. The number of halogens is 1.